The number of benzene rings is 1. The number of aromatic nitrogens is 1. The zero-order valence-electron chi connectivity index (χ0n) is 11.0. The van der Waals surface area contributed by atoms with Gasteiger partial charge in [-0.3, -0.25) is 0 Å². The van der Waals surface area contributed by atoms with Crippen LogP contribution in [0, 0.1) is 6.92 Å². The van der Waals surface area contributed by atoms with Crippen LogP contribution in [0.1, 0.15) is 16.2 Å². The van der Waals surface area contributed by atoms with Crippen molar-refractivity contribution < 1.29 is 14.3 Å². The molecule has 2 rings (SSSR count). The molecular formula is C13H15N3O3. The number of carbonyl (C=O) groups is 1. The second-order valence-electron chi connectivity index (χ2n) is 4.31. The smallest absolute Gasteiger partial charge is 0.373 e. The summed E-state index contributed by atoms with van der Waals surface area (Å²) < 4.78 is 5.13. The molecule has 0 saturated carbocycles. The highest BCUT2D eigenvalue weighted by Crippen LogP contribution is 2.21. The molecule has 1 aromatic carbocycles. The molecule has 1 heterocycles. The van der Waals surface area contributed by atoms with Gasteiger partial charge < -0.3 is 19.7 Å². The maximum atomic E-state index is 10.8. The van der Waals surface area contributed by atoms with Gasteiger partial charge in [0.2, 0.25) is 5.76 Å². The normalized spacial score (nSPS) is 10.3. The number of carboxylic acid groups (broad SMARTS) is 1. The molecule has 0 unspecified atom stereocenters. The summed E-state index contributed by atoms with van der Waals surface area (Å²) in [6.07, 6.45) is 0. The van der Waals surface area contributed by atoms with Gasteiger partial charge in [-0.15, -0.1) is 0 Å². The van der Waals surface area contributed by atoms with Gasteiger partial charge in [-0.25, -0.2) is 4.79 Å². The van der Waals surface area contributed by atoms with E-state index in [0.29, 0.717) is 5.69 Å². The number of hydrogen-bond acceptors (Lipinski definition) is 5. The molecule has 0 radical (unpaired) electrons. The second-order valence-corrected chi connectivity index (χ2v) is 4.31. The first kappa shape index (κ1) is 12.9. The Morgan fingerprint density at radius 3 is 2.42 bits per heavy atom. The van der Waals surface area contributed by atoms with Gasteiger partial charge in [0.1, 0.15) is 0 Å². The first-order chi connectivity index (χ1) is 8.97. The third-order valence-electron chi connectivity index (χ3n) is 2.63. The van der Waals surface area contributed by atoms with Crippen LogP contribution in [0.2, 0.25) is 0 Å². The molecule has 0 bridgehead atoms. The first-order valence-electron chi connectivity index (χ1n) is 5.72. The predicted molar refractivity (Wildman–Crippen MR) is 72.3 cm³/mol. The van der Waals surface area contributed by atoms with Crippen LogP contribution in [0.4, 0.5) is 17.4 Å². The molecule has 0 saturated heterocycles. The zero-order chi connectivity index (χ0) is 14.0. The molecule has 0 amide bonds. The van der Waals surface area contributed by atoms with Gasteiger partial charge in [0.25, 0.3) is 6.01 Å². The quantitative estimate of drug-likeness (QED) is 0.880. The number of aromatic carboxylic acids is 1. The number of aryl methyl sites for hydroxylation is 1. The average Bonchev–Trinajstić information content (AvgIpc) is 2.71. The molecule has 0 aliphatic carbocycles. The average molecular weight is 261 g/mol. The lowest BCUT2D eigenvalue weighted by Crippen LogP contribution is -2.08. The Labute approximate surface area is 110 Å². The fourth-order valence-corrected chi connectivity index (χ4v) is 1.61. The fourth-order valence-electron chi connectivity index (χ4n) is 1.61. The summed E-state index contributed by atoms with van der Waals surface area (Å²) in [4.78, 5) is 16.8. The first-order valence-corrected chi connectivity index (χ1v) is 5.72. The number of anilines is 3. The van der Waals surface area contributed by atoms with E-state index in [1.165, 1.54) is 0 Å². The van der Waals surface area contributed by atoms with Crippen LogP contribution >= 0.6 is 0 Å². The van der Waals surface area contributed by atoms with Crippen LogP contribution in [0.3, 0.4) is 0 Å². The van der Waals surface area contributed by atoms with Gasteiger partial charge in [0.15, 0.2) is 0 Å². The lowest BCUT2D eigenvalue weighted by molar-refractivity contribution is 0.0662. The summed E-state index contributed by atoms with van der Waals surface area (Å²) >= 11 is 0. The largest absolute Gasteiger partial charge is 0.475 e. The van der Waals surface area contributed by atoms with Crippen molar-refractivity contribution in [2.75, 3.05) is 24.3 Å². The molecule has 2 N–H and O–H groups in total. The molecule has 1 aromatic heterocycles. The minimum atomic E-state index is -1.12. The number of carboxylic acids is 1. The summed E-state index contributed by atoms with van der Waals surface area (Å²) in [7, 11) is 3.91. The van der Waals surface area contributed by atoms with Crippen molar-refractivity contribution in [1.82, 2.24) is 4.98 Å². The van der Waals surface area contributed by atoms with Crippen LogP contribution in [-0.4, -0.2) is 30.2 Å². The summed E-state index contributed by atoms with van der Waals surface area (Å²) in [5.41, 5.74) is 2.20. The minimum Gasteiger partial charge on any atom is -0.475 e. The maximum absolute atomic E-state index is 10.8. The van der Waals surface area contributed by atoms with E-state index in [0.717, 1.165) is 11.4 Å². The summed E-state index contributed by atoms with van der Waals surface area (Å²) in [6.45, 7) is 1.59. The highest BCUT2D eigenvalue weighted by Gasteiger charge is 2.16. The Kier molecular flexibility index (Phi) is 3.41. The van der Waals surface area contributed by atoms with Gasteiger partial charge in [-0.1, -0.05) is 0 Å². The van der Waals surface area contributed by atoms with E-state index < -0.39 is 5.97 Å². The van der Waals surface area contributed by atoms with Crippen molar-refractivity contribution in [3.05, 3.63) is 35.7 Å². The predicted octanol–water partition coefficient (Wildman–Crippen LogP) is 2.49. The van der Waals surface area contributed by atoms with E-state index in [2.05, 4.69) is 10.3 Å². The van der Waals surface area contributed by atoms with Crippen molar-refractivity contribution in [2.24, 2.45) is 0 Å². The highest BCUT2D eigenvalue weighted by atomic mass is 16.4. The number of nitrogens with one attached hydrogen (secondary N) is 1. The molecule has 0 spiro atoms. The van der Waals surface area contributed by atoms with Crippen LogP contribution in [0.25, 0.3) is 0 Å². The summed E-state index contributed by atoms with van der Waals surface area (Å²) in [6, 6.07) is 7.80. The van der Waals surface area contributed by atoms with E-state index in [9.17, 15) is 4.79 Å². The highest BCUT2D eigenvalue weighted by molar-refractivity contribution is 5.85. The standard InChI is InChI=1S/C13H15N3O3/c1-8-11(12(17)18)19-13(14-8)15-9-4-6-10(7-5-9)16(2)3/h4-7H,1-3H3,(H,14,15)(H,17,18). The molecule has 0 atom stereocenters. The van der Waals surface area contributed by atoms with Gasteiger partial charge in [-0.05, 0) is 31.2 Å². The number of rotatable bonds is 4. The van der Waals surface area contributed by atoms with Crippen molar-refractivity contribution in [3.63, 3.8) is 0 Å². The number of oxazole rings is 1. The van der Waals surface area contributed by atoms with E-state index in [4.69, 9.17) is 9.52 Å². The lowest BCUT2D eigenvalue weighted by atomic mass is 10.2. The van der Waals surface area contributed by atoms with E-state index >= 15 is 0 Å². The van der Waals surface area contributed by atoms with Crippen LogP contribution < -0.4 is 10.2 Å². The molecule has 0 fully saturated rings. The molecular weight excluding hydrogens is 246 g/mol. The van der Waals surface area contributed by atoms with Crippen LogP contribution in [0.5, 0.6) is 0 Å². The third-order valence-corrected chi connectivity index (χ3v) is 2.63. The minimum absolute atomic E-state index is 0.146. The van der Waals surface area contributed by atoms with Crippen molar-refractivity contribution >= 4 is 23.4 Å². The maximum Gasteiger partial charge on any atom is 0.373 e. The van der Waals surface area contributed by atoms with Crippen LogP contribution in [-0.2, 0) is 0 Å². The van der Waals surface area contributed by atoms with Gasteiger partial charge >= 0.3 is 5.97 Å². The lowest BCUT2D eigenvalue weighted by Gasteiger charge is -2.12. The fraction of sp³-hybridized carbons (Fsp3) is 0.231. The Balaban J connectivity index is 2.17. The Hall–Kier alpha value is -2.50. The molecule has 0 aliphatic rings. The number of nitrogens with zero attached hydrogens (tertiary/aromatic N) is 2. The van der Waals surface area contributed by atoms with Crippen molar-refractivity contribution in [2.45, 2.75) is 6.92 Å². The SMILES string of the molecule is Cc1nc(Nc2ccc(N(C)C)cc2)oc1C(=O)O. The summed E-state index contributed by atoms with van der Waals surface area (Å²) in [5, 5.41) is 11.8. The molecule has 19 heavy (non-hydrogen) atoms. The van der Waals surface area contributed by atoms with Gasteiger partial charge in [0.05, 0.1) is 5.69 Å². The Bertz CT molecular complexity index is 588. The van der Waals surface area contributed by atoms with Crippen molar-refractivity contribution in [3.8, 4) is 0 Å². The Morgan fingerprint density at radius 1 is 1.32 bits per heavy atom. The molecule has 2 aromatic rings. The van der Waals surface area contributed by atoms with E-state index in [1.54, 1.807) is 6.92 Å². The van der Waals surface area contributed by atoms with Gasteiger partial charge in [-0.2, -0.15) is 4.98 Å². The zero-order valence-corrected chi connectivity index (χ0v) is 11.0. The second kappa shape index (κ2) is 5.01. The van der Waals surface area contributed by atoms with Crippen molar-refractivity contribution in [1.29, 1.82) is 0 Å². The molecule has 6 nitrogen and oxygen atoms in total. The van der Waals surface area contributed by atoms with Crippen LogP contribution in [0.15, 0.2) is 28.7 Å². The molecule has 6 heteroatoms. The monoisotopic (exact) mass is 261 g/mol. The van der Waals surface area contributed by atoms with Gasteiger partial charge in [0, 0.05) is 25.5 Å². The van der Waals surface area contributed by atoms with E-state index in [1.807, 2.05) is 43.3 Å². The Morgan fingerprint density at radius 2 is 1.95 bits per heavy atom. The third kappa shape index (κ3) is 2.85. The molecule has 0 aliphatic heterocycles. The van der Waals surface area contributed by atoms with E-state index in [-0.39, 0.29) is 11.8 Å². The number of hydrogen-bond donors (Lipinski definition) is 2. The topological polar surface area (TPSA) is 78.6 Å². The molecule has 100 valence electrons. The summed E-state index contributed by atoms with van der Waals surface area (Å²) in [5.74, 6) is -1.27.